The van der Waals surface area contributed by atoms with Crippen molar-refractivity contribution in [3.05, 3.63) is 12.2 Å². The molecule has 12 amide bonds. The fourth-order valence-corrected chi connectivity index (χ4v) is 17.4. The van der Waals surface area contributed by atoms with Crippen molar-refractivity contribution in [2.45, 2.75) is 267 Å². The lowest BCUT2D eigenvalue weighted by atomic mass is 9.58. The highest BCUT2D eigenvalue weighted by molar-refractivity contribution is 6.30. The molecule has 2 bridgehead atoms. The summed E-state index contributed by atoms with van der Waals surface area (Å²) in [6, 6.07) is -11.2. The predicted molar refractivity (Wildman–Crippen MR) is 396 cm³/mol. The molecule has 3 heterocycles. The molecule has 1 spiro atoms. The van der Waals surface area contributed by atoms with E-state index < -0.39 is 198 Å². The number of rotatable bonds is 14. The zero-order valence-electron chi connectivity index (χ0n) is 65.9. The molecule has 2 saturated heterocycles. The van der Waals surface area contributed by atoms with Crippen LogP contribution in [0.15, 0.2) is 12.2 Å². The standard InChI is InChI=1S/C76H121Cl2F3N12O14/c1-17-45(3)63-71(104)92(49-29-30-49)41-62(96)87(12)54-22-20-19-21-33-91(70(54)103)57(35-47-23-27-48(28-24-47)76(79,80)81)68(101)86(11)40-60(94)82-53(32-26-46-25-31-51(77)52(78)34-46)66(99)93-39-50(107-18-2)36-55(93)65(98)84-75(43-74(7,8)44-75)72(105)90(15)58(38-73(4,5)6)69(102)89(14)56(67(100)85(9)10)37-61(95)88(13)59(42-106-16)64(97)83-63/h19-20,45-59,63H,17-18,21-44H2,1-16H3,(H,82,94)(H,83,97)(H,84,98)/b20-19-/t45-,46?,47?,48?,50+,51?,52?,53-,54-,55-,56-,57-,58-,59-,63-/m0/s1. The number of hydrogen-bond acceptors (Lipinski definition) is 14. The predicted octanol–water partition coefficient (Wildman–Crippen LogP) is 6.12. The normalized spacial score (nSPS) is 31.7. The molecular weight excluding hydrogens is 1430 g/mol. The Morgan fingerprint density at radius 2 is 1.33 bits per heavy atom. The molecule has 7 rings (SSSR count). The van der Waals surface area contributed by atoms with Crippen LogP contribution in [-0.4, -0.2) is 294 Å². The summed E-state index contributed by atoms with van der Waals surface area (Å²) >= 11 is 13.3. The number of methoxy groups -OCH3 is 1. The van der Waals surface area contributed by atoms with Crippen molar-refractivity contribution in [3.63, 3.8) is 0 Å². The molecule has 0 aromatic rings. The monoisotopic (exact) mass is 1550 g/mol. The van der Waals surface area contributed by atoms with Crippen molar-refractivity contribution in [2.24, 2.45) is 34.5 Å². The number of halogens is 5. The third-order valence-electron chi connectivity index (χ3n) is 23.3. The van der Waals surface area contributed by atoms with Crippen LogP contribution in [-0.2, 0) is 67.0 Å². The van der Waals surface area contributed by atoms with Crippen molar-refractivity contribution in [2.75, 3.05) is 95.8 Å². The molecule has 0 radical (unpaired) electrons. The molecule has 6 fully saturated rings. The maximum atomic E-state index is 15.7. The van der Waals surface area contributed by atoms with Crippen LogP contribution in [0, 0.1) is 34.5 Å². The minimum atomic E-state index is -4.45. The summed E-state index contributed by atoms with van der Waals surface area (Å²) in [6.07, 6.45) is 1.34. The number of amides is 12. The van der Waals surface area contributed by atoms with Gasteiger partial charge in [-0.1, -0.05) is 67.0 Å². The molecule has 4 aliphatic carbocycles. The molecule has 7 aliphatic rings. The van der Waals surface area contributed by atoms with E-state index in [0.717, 1.165) is 14.7 Å². The number of ether oxygens (including phenoxy) is 2. The fraction of sp³-hybridized carbons (Fsp3) is 0.816. The summed E-state index contributed by atoms with van der Waals surface area (Å²) < 4.78 is 54.2. The van der Waals surface area contributed by atoms with Gasteiger partial charge in [-0.05, 0) is 145 Å². The van der Waals surface area contributed by atoms with Crippen LogP contribution >= 0.6 is 23.2 Å². The summed E-state index contributed by atoms with van der Waals surface area (Å²) in [7, 11) is 11.1. The summed E-state index contributed by atoms with van der Waals surface area (Å²) in [4.78, 5) is 194. The summed E-state index contributed by atoms with van der Waals surface area (Å²) in [6.45, 7) is 13.2. The Hall–Kier alpha value is -6.33. The third-order valence-corrected chi connectivity index (χ3v) is 24.4. The first-order chi connectivity index (χ1) is 50.0. The number of fused-ring (bicyclic) bond motifs is 3. The SMILES string of the molecule is CCO[C@@H]1C[C@H]2C(=O)NC3(CC(C)(C)C3)C(=O)N(C)[C@@H](CC(C)(C)C)C(=O)N(C)[C@H](C(=O)N(C)C)CC(=O)N(C)[C@@H](COC)C(=O)N[C@@H]([C@@H](C)CC)C(=O)N(C3CC3)CC(=O)N(C)[C@H]3C/C=C\CCN(C3=O)[C@@H](CC3CCC(C(F)(F)F)CC3)C(=O)N(C)CC(=O)N[C@@H](CCC3CCC(Cl)C(Cl)C3)C(=O)N2C1. The van der Waals surface area contributed by atoms with Crippen molar-refractivity contribution >= 4 is 94.1 Å². The van der Waals surface area contributed by atoms with E-state index in [9.17, 15) is 37.1 Å². The van der Waals surface area contributed by atoms with Crippen LogP contribution in [0.25, 0.3) is 0 Å². The van der Waals surface area contributed by atoms with Gasteiger partial charge in [0.15, 0.2) is 0 Å². The maximum absolute atomic E-state index is 15.7. The van der Waals surface area contributed by atoms with Crippen molar-refractivity contribution < 1.29 is 80.2 Å². The van der Waals surface area contributed by atoms with E-state index in [1.54, 1.807) is 26.0 Å². The first kappa shape index (κ1) is 87.9. The van der Waals surface area contributed by atoms with E-state index in [0.29, 0.717) is 44.9 Å². The Kier molecular flexibility index (Phi) is 30.5. The van der Waals surface area contributed by atoms with Crippen molar-refractivity contribution in [1.29, 1.82) is 0 Å². The average molecular weight is 1550 g/mol. The second kappa shape index (κ2) is 37.1. The summed E-state index contributed by atoms with van der Waals surface area (Å²) in [5, 5.41) is 8.19. The lowest BCUT2D eigenvalue weighted by molar-refractivity contribution is -0.184. The molecule has 0 aromatic heterocycles. The smallest absolute Gasteiger partial charge is 0.382 e. The molecule has 604 valence electrons. The minimum absolute atomic E-state index is 0.0191. The van der Waals surface area contributed by atoms with Gasteiger partial charge in [0, 0.05) is 94.0 Å². The molecule has 13 atom stereocenters. The first-order valence-corrected chi connectivity index (χ1v) is 39.3. The Labute approximate surface area is 640 Å². The van der Waals surface area contributed by atoms with Gasteiger partial charge in [-0.3, -0.25) is 57.5 Å². The van der Waals surface area contributed by atoms with E-state index in [-0.39, 0.29) is 113 Å². The van der Waals surface area contributed by atoms with Crippen LogP contribution in [0.4, 0.5) is 13.2 Å². The average Bonchev–Trinajstić information content (AvgIpc) is 1.72. The zero-order chi connectivity index (χ0) is 79.7. The van der Waals surface area contributed by atoms with Crippen LogP contribution in [0.1, 0.15) is 184 Å². The molecule has 3 unspecified atom stereocenters. The molecule has 4 saturated carbocycles. The van der Waals surface area contributed by atoms with Gasteiger partial charge in [0.2, 0.25) is 70.9 Å². The Balaban J connectivity index is 1.34. The zero-order valence-corrected chi connectivity index (χ0v) is 67.4. The van der Waals surface area contributed by atoms with E-state index in [1.165, 1.54) is 85.8 Å². The molecule has 3 N–H and O–H groups in total. The number of nitrogens with zero attached hydrogens (tertiary/aromatic N) is 9. The highest BCUT2D eigenvalue weighted by Crippen LogP contribution is 2.50. The van der Waals surface area contributed by atoms with Gasteiger partial charge in [0.1, 0.15) is 60.4 Å². The lowest BCUT2D eigenvalue weighted by Crippen LogP contribution is -2.71. The molecule has 26 nitrogen and oxygen atoms in total. The number of nitrogens with one attached hydrogen (secondary N) is 3. The Bertz CT molecular complexity index is 3230. The van der Waals surface area contributed by atoms with Gasteiger partial charge in [-0.2, -0.15) is 13.2 Å². The first-order valence-electron chi connectivity index (χ1n) is 38.4. The van der Waals surface area contributed by atoms with E-state index in [4.69, 9.17) is 32.7 Å². The summed E-state index contributed by atoms with van der Waals surface area (Å²) in [5.41, 5.74) is -2.86. The molecule has 31 heteroatoms. The molecular formula is C76H121Cl2F3N12O14. The second-order valence-electron chi connectivity index (χ2n) is 33.7. The van der Waals surface area contributed by atoms with Crippen molar-refractivity contribution in [1.82, 2.24) is 60.0 Å². The number of carbonyl (C=O) groups excluding carboxylic acids is 12. The molecule has 3 aliphatic heterocycles. The van der Waals surface area contributed by atoms with Gasteiger partial charge in [-0.15, -0.1) is 23.2 Å². The van der Waals surface area contributed by atoms with Gasteiger partial charge in [0.05, 0.1) is 37.0 Å². The van der Waals surface area contributed by atoms with Gasteiger partial charge in [-0.25, -0.2) is 0 Å². The highest BCUT2D eigenvalue weighted by Gasteiger charge is 2.59. The Morgan fingerprint density at radius 1 is 0.682 bits per heavy atom. The summed E-state index contributed by atoms with van der Waals surface area (Å²) in [5.74, 6) is -11.1. The maximum Gasteiger partial charge on any atom is 0.391 e. The van der Waals surface area contributed by atoms with Crippen LogP contribution in [0.3, 0.4) is 0 Å². The van der Waals surface area contributed by atoms with Crippen LogP contribution in [0.5, 0.6) is 0 Å². The topological polar surface area (TPSA) is 289 Å². The van der Waals surface area contributed by atoms with E-state index in [2.05, 4.69) is 16.0 Å². The van der Waals surface area contributed by atoms with Crippen LogP contribution < -0.4 is 16.0 Å². The largest absolute Gasteiger partial charge is 0.391 e. The fourth-order valence-electron chi connectivity index (χ4n) is 16.8. The highest BCUT2D eigenvalue weighted by atomic mass is 35.5. The number of carbonyl (C=O) groups is 12. The minimum Gasteiger partial charge on any atom is -0.382 e. The van der Waals surface area contributed by atoms with Gasteiger partial charge < -0.3 is 69.5 Å². The van der Waals surface area contributed by atoms with E-state index >= 15 is 33.6 Å². The third kappa shape index (κ3) is 22.3. The number of alkyl halides is 5. The molecule has 107 heavy (non-hydrogen) atoms. The molecule has 0 aromatic carbocycles. The quantitative estimate of drug-likeness (QED) is 0.131. The number of likely N-dealkylation sites (N-methyl/N-ethyl adjacent to an activating group) is 6. The lowest BCUT2D eigenvalue weighted by Gasteiger charge is -2.54. The van der Waals surface area contributed by atoms with Gasteiger partial charge >= 0.3 is 6.18 Å². The Morgan fingerprint density at radius 3 is 1.90 bits per heavy atom. The number of hydrogen-bond donors (Lipinski definition) is 3. The van der Waals surface area contributed by atoms with Gasteiger partial charge in [0.25, 0.3) is 0 Å². The van der Waals surface area contributed by atoms with Crippen LogP contribution in [0.2, 0.25) is 0 Å². The second-order valence-corrected chi connectivity index (χ2v) is 34.8. The van der Waals surface area contributed by atoms with E-state index in [1.807, 2.05) is 41.5 Å². The van der Waals surface area contributed by atoms with Crippen molar-refractivity contribution in [3.8, 4) is 0 Å².